The normalized spacial score (nSPS) is 27.4. The van der Waals surface area contributed by atoms with Crippen LogP contribution in [0.3, 0.4) is 0 Å². The molecule has 2 N–H and O–H groups in total. The maximum atomic E-state index is 6.00. The van der Waals surface area contributed by atoms with Gasteiger partial charge < -0.3 is 5.73 Å². The summed E-state index contributed by atoms with van der Waals surface area (Å²) in [6.07, 6.45) is 3.09. The minimum Gasteiger partial charge on any atom is -0.326 e. The van der Waals surface area contributed by atoms with Crippen LogP contribution >= 0.6 is 11.3 Å². The molecule has 0 amide bonds. The minimum atomic E-state index is 0.343. The predicted molar refractivity (Wildman–Crippen MR) is 63.9 cm³/mol. The summed E-state index contributed by atoms with van der Waals surface area (Å²) in [7, 11) is 0. The van der Waals surface area contributed by atoms with E-state index in [1.807, 2.05) is 17.5 Å². The number of nitrogens with two attached hydrogens (primary N) is 1. The van der Waals surface area contributed by atoms with Crippen LogP contribution in [-0.2, 0) is 13.0 Å². The molecule has 1 aromatic heterocycles. The first kappa shape index (κ1) is 11.0. The maximum absolute atomic E-state index is 6.00. The molecule has 0 radical (unpaired) electrons. The first-order chi connectivity index (χ1) is 7.19. The van der Waals surface area contributed by atoms with Gasteiger partial charge in [-0.15, -0.1) is 11.3 Å². The van der Waals surface area contributed by atoms with Gasteiger partial charge in [0.2, 0.25) is 0 Å². The number of aromatic nitrogens is 1. The third-order valence-corrected chi connectivity index (χ3v) is 4.18. The van der Waals surface area contributed by atoms with Gasteiger partial charge in [0.05, 0.1) is 6.54 Å². The van der Waals surface area contributed by atoms with E-state index in [0.717, 1.165) is 26.1 Å². The van der Waals surface area contributed by atoms with Gasteiger partial charge in [-0.2, -0.15) is 0 Å². The topological polar surface area (TPSA) is 42.2 Å². The first-order valence-corrected chi connectivity index (χ1v) is 6.42. The molecule has 1 aliphatic rings. The molecule has 2 atom stereocenters. The van der Waals surface area contributed by atoms with E-state index in [9.17, 15) is 0 Å². The molecule has 2 rings (SSSR count). The Hall–Kier alpha value is -0.450. The Bertz CT molecular complexity index is 313. The zero-order valence-electron chi connectivity index (χ0n) is 9.44. The molecule has 0 aromatic carbocycles. The van der Waals surface area contributed by atoms with Gasteiger partial charge in [-0.3, -0.25) is 4.90 Å². The van der Waals surface area contributed by atoms with Gasteiger partial charge in [0.15, 0.2) is 0 Å². The van der Waals surface area contributed by atoms with Gasteiger partial charge >= 0.3 is 0 Å². The lowest BCUT2D eigenvalue weighted by Gasteiger charge is -2.12. The van der Waals surface area contributed by atoms with E-state index in [0.29, 0.717) is 12.0 Å². The number of hydrogen-bond acceptors (Lipinski definition) is 4. The monoisotopic (exact) mass is 225 g/mol. The summed E-state index contributed by atoms with van der Waals surface area (Å²) in [6.45, 7) is 7.50. The fraction of sp³-hybridized carbons (Fsp3) is 0.727. The number of thiazole rings is 1. The lowest BCUT2D eigenvalue weighted by atomic mass is 10.1. The van der Waals surface area contributed by atoms with Crippen molar-refractivity contribution in [2.24, 2.45) is 11.7 Å². The summed E-state index contributed by atoms with van der Waals surface area (Å²) < 4.78 is 0. The summed E-state index contributed by atoms with van der Waals surface area (Å²) in [5.74, 6) is 0.621. The maximum Gasteiger partial charge on any atom is 0.107 e. The highest BCUT2D eigenvalue weighted by Crippen LogP contribution is 2.20. The third-order valence-electron chi connectivity index (χ3n) is 3.05. The molecule has 0 bridgehead atoms. The second kappa shape index (κ2) is 4.60. The van der Waals surface area contributed by atoms with Crippen LogP contribution in [0, 0.1) is 5.92 Å². The van der Waals surface area contributed by atoms with Crippen LogP contribution in [0.5, 0.6) is 0 Å². The molecule has 84 valence electrons. The zero-order chi connectivity index (χ0) is 10.8. The van der Waals surface area contributed by atoms with Crippen molar-refractivity contribution in [1.82, 2.24) is 9.88 Å². The van der Waals surface area contributed by atoms with Crippen molar-refractivity contribution in [1.29, 1.82) is 0 Å². The molecule has 0 aliphatic carbocycles. The number of aryl methyl sites for hydroxylation is 1. The van der Waals surface area contributed by atoms with Crippen molar-refractivity contribution in [3.8, 4) is 0 Å². The molecular formula is C11H19N3S. The molecule has 15 heavy (non-hydrogen) atoms. The van der Waals surface area contributed by atoms with Crippen LogP contribution in [0.1, 0.15) is 23.7 Å². The smallest absolute Gasteiger partial charge is 0.107 e. The average Bonchev–Trinajstić information content (AvgIpc) is 2.76. The molecule has 4 heteroatoms. The molecule has 0 saturated carbocycles. The van der Waals surface area contributed by atoms with Crippen LogP contribution < -0.4 is 5.73 Å². The van der Waals surface area contributed by atoms with Gasteiger partial charge in [-0.25, -0.2) is 4.98 Å². The number of rotatable bonds is 3. The van der Waals surface area contributed by atoms with Gasteiger partial charge in [-0.1, -0.05) is 13.8 Å². The van der Waals surface area contributed by atoms with E-state index in [-0.39, 0.29) is 0 Å². The number of hydrogen-bond donors (Lipinski definition) is 1. The first-order valence-electron chi connectivity index (χ1n) is 5.60. The predicted octanol–water partition coefficient (Wildman–Crippen LogP) is 1.48. The molecule has 0 spiro atoms. The molecule has 1 aromatic rings. The lowest BCUT2D eigenvalue weighted by Crippen LogP contribution is -2.28. The standard InChI is InChI=1S/C11H19N3S/c1-3-9-4-13-11(15-9)7-14-5-8(2)10(12)6-14/h4,8,10H,3,5-7,12H2,1-2H3. The summed E-state index contributed by atoms with van der Waals surface area (Å²) in [6, 6.07) is 0.343. The molecule has 1 saturated heterocycles. The Morgan fingerprint density at radius 3 is 2.93 bits per heavy atom. The number of likely N-dealkylation sites (tertiary alicyclic amines) is 1. The van der Waals surface area contributed by atoms with Crippen LogP contribution in [0.2, 0.25) is 0 Å². The van der Waals surface area contributed by atoms with Crippen molar-refractivity contribution >= 4 is 11.3 Å². The van der Waals surface area contributed by atoms with Crippen molar-refractivity contribution in [3.05, 3.63) is 16.1 Å². The van der Waals surface area contributed by atoms with Crippen LogP contribution in [0.15, 0.2) is 6.20 Å². The largest absolute Gasteiger partial charge is 0.326 e. The summed E-state index contributed by atoms with van der Waals surface area (Å²) >= 11 is 1.83. The SMILES string of the molecule is CCc1cnc(CN2CC(C)C(N)C2)s1. The Balaban J connectivity index is 1.92. The second-order valence-corrected chi connectivity index (χ2v) is 5.61. The van der Waals surface area contributed by atoms with E-state index < -0.39 is 0 Å². The van der Waals surface area contributed by atoms with Crippen molar-refractivity contribution in [2.45, 2.75) is 32.9 Å². The highest BCUT2D eigenvalue weighted by Gasteiger charge is 2.26. The van der Waals surface area contributed by atoms with Crippen LogP contribution in [0.4, 0.5) is 0 Å². The fourth-order valence-corrected chi connectivity index (χ4v) is 2.91. The molecule has 1 aliphatic heterocycles. The van der Waals surface area contributed by atoms with Gasteiger partial charge in [0, 0.05) is 30.2 Å². The van der Waals surface area contributed by atoms with Crippen molar-refractivity contribution in [3.63, 3.8) is 0 Å². The molecule has 2 heterocycles. The Morgan fingerprint density at radius 2 is 2.40 bits per heavy atom. The highest BCUT2D eigenvalue weighted by molar-refractivity contribution is 7.11. The van der Waals surface area contributed by atoms with Gasteiger partial charge in [0.25, 0.3) is 0 Å². The van der Waals surface area contributed by atoms with Gasteiger partial charge in [-0.05, 0) is 12.3 Å². The second-order valence-electron chi connectivity index (χ2n) is 4.41. The van der Waals surface area contributed by atoms with Crippen molar-refractivity contribution < 1.29 is 0 Å². The lowest BCUT2D eigenvalue weighted by molar-refractivity contribution is 0.318. The van der Waals surface area contributed by atoms with E-state index in [1.165, 1.54) is 9.88 Å². The fourth-order valence-electron chi connectivity index (χ4n) is 2.00. The average molecular weight is 225 g/mol. The van der Waals surface area contributed by atoms with E-state index in [2.05, 4.69) is 23.7 Å². The van der Waals surface area contributed by atoms with E-state index in [4.69, 9.17) is 5.73 Å². The quantitative estimate of drug-likeness (QED) is 0.847. The zero-order valence-corrected chi connectivity index (χ0v) is 10.3. The third kappa shape index (κ3) is 2.56. The highest BCUT2D eigenvalue weighted by atomic mass is 32.1. The van der Waals surface area contributed by atoms with Crippen molar-refractivity contribution in [2.75, 3.05) is 13.1 Å². The van der Waals surface area contributed by atoms with Gasteiger partial charge in [0.1, 0.15) is 5.01 Å². The summed E-state index contributed by atoms with van der Waals surface area (Å²) in [5.41, 5.74) is 6.00. The Labute approximate surface area is 95.3 Å². The Morgan fingerprint density at radius 1 is 1.60 bits per heavy atom. The molecular weight excluding hydrogens is 206 g/mol. The van der Waals surface area contributed by atoms with Crippen LogP contribution in [-0.4, -0.2) is 29.0 Å². The number of nitrogens with zero attached hydrogens (tertiary/aromatic N) is 2. The molecule has 3 nitrogen and oxygen atoms in total. The summed E-state index contributed by atoms with van der Waals surface area (Å²) in [5, 5.41) is 1.23. The van der Waals surface area contributed by atoms with Crippen LogP contribution in [0.25, 0.3) is 0 Å². The summed E-state index contributed by atoms with van der Waals surface area (Å²) in [4.78, 5) is 8.22. The Kier molecular flexibility index (Phi) is 3.38. The van der Waals surface area contributed by atoms with E-state index in [1.54, 1.807) is 0 Å². The molecule has 1 fully saturated rings. The van der Waals surface area contributed by atoms with E-state index >= 15 is 0 Å². The molecule has 2 unspecified atom stereocenters. The minimum absolute atomic E-state index is 0.343.